The molecule has 1 saturated heterocycles. The van der Waals surface area contributed by atoms with Crippen molar-refractivity contribution in [2.24, 2.45) is 11.7 Å². The highest BCUT2D eigenvalue weighted by Crippen LogP contribution is 2.23. The molecule has 2 N–H and O–H groups in total. The second kappa shape index (κ2) is 5.74. The lowest BCUT2D eigenvalue weighted by molar-refractivity contribution is 0.117. The van der Waals surface area contributed by atoms with E-state index in [-0.39, 0.29) is 0 Å². The van der Waals surface area contributed by atoms with Crippen LogP contribution in [-0.2, 0) is 0 Å². The normalized spacial score (nSPS) is 30.7. The summed E-state index contributed by atoms with van der Waals surface area (Å²) in [4.78, 5) is 2.46. The molecule has 2 atom stereocenters. The summed E-state index contributed by atoms with van der Waals surface area (Å²) < 4.78 is 0. The van der Waals surface area contributed by atoms with E-state index in [4.69, 9.17) is 17.3 Å². The Labute approximate surface area is 92.1 Å². The van der Waals surface area contributed by atoms with E-state index in [1.165, 1.54) is 18.4 Å². The molecule has 14 heavy (non-hydrogen) atoms. The van der Waals surface area contributed by atoms with Gasteiger partial charge >= 0.3 is 0 Å². The highest BCUT2D eigenvalue weighted by atomic mass is 35.5. The number of likely N-dealkylation sites (tertiary alicyclic amines) is 1. The van der Waals surface area contributed by atoms with E-state index >= 15 is 0 Å². The SMILES string of the molecule is CC(=CCl)CN1CCCC(C)C1CN. The number of hydrogen-bond acceptors (Lipinski definition) is 2. The fourth-order valence-electron chi connectivity index (χ4n) is 2.27. The lowest BCUT2D eigenvalue weighted by atomic mass is 9.90. The minimum atomic E-state index is 0.537. The second-order valence-corrected chi connectivity index (χ2v) is 4.57. The number of nitrogens with zero attached hydrogens (tertiary/aromatic N) is 1. The maximum Gasteiger partial charge on any atom is 0.0247 e. The topological polar surface area (TPSA) is 29.3 Å². The van der Waals surface area contributed by atoms with Gasteiger partial charge in [0.25, 0.3) is 0 Å². The standard InChI is InChI=1S/C11H21ClN2/c1-9(6-12)8-14-5-3-4-10(2)11(14)7-13/h6,10-11H,3-5,7-8,13H2,1-2H3. The van der Waals surface area contributed by atoms with Crippen LogP contribution in [0.25, 0.3) is 0 Å². The van der Waals surface area contributed by atoms with Gasteiger partial charge in [-0.15, -0.1) is 0 Å². The molecule has 0 aromatic heterocycles. The van der Waals surface area contributed by atoms with Crippen molar-refractivity contribution < 1.29 is 0 Å². The maximum absolute atomic E-state index is 5.81. The molecule has 2 unspecified atom stereocenters. The van der Waals surface area contributed by atoms with Crippen molar-refractivity contribution in [2.45, 2.75) is 32.7 Å². The van der Waals surface area contributed by atoms with Crippen molar-refractivity contribution >= 4 is 11.6 Å². The van der Waals surface area contributed by atoms with Gasteiger partial charge in [0.15, 0.2) is 0 Å². The summed E-state index contributed by atoms with van der Waals surface area (Å²) in [6, 6.07) is 0.537. The Kier molecular flexibility index (Phi) is 4.93. The zero-order chi connectivity index (χ0) is 10.6. The van der Waals surface area contributed by atoms with Gasteiger partial charge in [-0.25, -0.2) is 0 Å². The summed E-state index contributed by atoms with van der Waals surface area (Å²) >= 11 is 5.68. The highest BCUT2D eigenvalue weighted by molar-refractivity contribution is 6.25. The second-order valence-electron chi connectivity index (χ2n) is 4.35. The molecular formula is C11H21ClN2. The zero-order valence-corrected chi connectivity index (χ0v) is 9.93. The van der Waals surface area contributed by atoms with Crippen molar-refractivity contribution in [1.82, 2.24) is 4.90 Å². The molecule has 0 aromatic rings. The summed E-state index contributed by atoms with van der Waals surface area (Å²) in [5.74, 6) is 0.719. The summed E-state index contributed by atoms with van der Waals surface area (Å²) in [6.45, 7) is 7.25. The van der Waals surface area contributed by atoms with Crippen LogP contribution in [0.4, 0.5) is 0 Å². The molecular weight excluding hydrogens is 196 g/mol. The molecule has 0 spiro atoms. The lowest BCUT2D eigenvalue weighted by Gasteiger charge is -2.39. The first-order chi connectivity index (χ1) is 6.69. The molecule has 0 saturated carbocycles. The van der Waals surface area contributed by atoms with Gasteiger partial charge in [0.05, 0.1) is 0 Å². The van der Waals surface area contributed by atoms with Crippen molar-refractivity contribution in [3.8, 4) is 0 Å². The molecule has 0 aliphatic carbocycles. The van der Waals surface area contributed by atoms with Crippen LogP contribution in [0, 0.1) is 5.92 Å². The fraction of sp³-hybridized carbons (Fsp3) is 0.818. The third-order valence-corrected chi connectivity index (χ3v) is 3.48. The van der Waals surface area contributed by atoms with Gasteiger partial charge in [0.1, 0.15) is 0 Å². The minimum absolute atomic E-state index is 0.537. The average Bonchev–Trinajstić information content (AvgIpc) is 2.18. The molecule has 0 amide bonds. The number of rotatable bonds is 3. The third-order valence-electron chi connectivity index (χ3n) is 3.11. The quantitative estimate of drug-likeness (QED) is 0.784. The molecule has 1 fully saturated rings. The molecule has 0 bridgehead atoms. The third kappa shape index (κ3) is 2.97. The van der Waals surface area contributed by atoms with Crippen LogP contribution in [0.15, 0.2) is 11.1 Å². The van der Waals surface area contributed by atoms with E-state index in [1.807, 2.05) is 0 Å². The molecule has 82 valence electrons. The Bertz CT molecular complexity index is 203. The van der Waals surface area contributed by atoms with Gasteiger partial charge in [-0.3, -0.25) is 4.90 Å². The van der Waals surface area contributed by atoms with Crippen molar-refractivity contribution in [1.29, 1.82) is 0 Å². The number of nitrogens with two attached hydrogens (primary N) is 1. The average molecular weight is 217 g/mol. The number of hydrogen-bond donors (Lipinski definition) is 1. The smallest absolute Gasteiger partial charge is 0.0247 e. The van der Waals surface area contributed by atoms with Crippen LogP contribution >= 0.6 is 11.6 Å². The lowest BCUT2D eigenvalue weighted by Crippen LogP contribution is -2.49. The molecule has 1 heterocycles. The molecule has 3 heteroatoms. The first-order valence-corrected chi connectivity index (χ1v) is 5.82. The molecule has 2 nitrogen and oxygen atoms in total. The first kappa shape index (κ1) is 12.0. The van der Waals surface area contributed by atoms with Crippen molar-refractivity contribution in [3.05, 3.63) is 11.1 Å². The molecule has 0 radical (unpaired) electrons. The van der Waals surface area contributed by atoms with Gasteiger partial charge in [-0.2, -0.15) is 0 Å². The predicted molar refractivity (Wildman–Crippen MR) is 62.4 cm³/mol. The predicted octanol–water partition coefficient (Wildman–Crippen LogP) is 2.19. The summed E-state index contributed by atoms with van der Waals surface area (Å²) in [5, 5.41) is 0. The summed E-state index contributed by atoms with van der Waals surface area (Å²) in [6.07, 6.45) is 2.59. The van der Waals surface area contributed by atoms with Crippen LogP contribution in [0.2, 0.25) is 0 Å². The Balaban J connectivity index is 2.56. The van der Waals surface area contributed by atoms with E-state index in [1.54, 1.807) is 5.54 Å². The Morgan fingerprint density at radius 2 is 2.36 bits per heavy atom. The number of piperidine rings is 1. The van der Waals surface area contributed by atoms with Gasteiger partial charge in [-0.1, -0.05) is 18.5 Å². The molecule has 0 aromatic carbocycles. The fourth-order valence-corrected chi connectivity index (χ4v) is 2.34. The van der Waals surface area contributed by atoms with Crippen molar-refractivity contribution in [3.63, 3.8) is 0 Å². The van der Waals surface area contributed by atoms with Crippen LogP contribution in [-0.4, -0.2) is 30.6 Å². The van der Waals surface area contributed by atoms with E-state index in [9.17, 15) is 0 Å². The molecule has 1 aliphatic heterocycles. The minimum Gasteiger partial charge on any atom is -0.329 e. The van der Waals surface area contributed by atoms with Gasteiger partial charge in [0, 0.05) is 24.7 Å². The van der Waals surface area contributed by atoms with Crippen LogP contribution < -0.4 is 5.73 Å². The first-order valence-electron chi connectivity index (χ1n) is 5.39. The zero-order valence-electron chi connectivity index (χ0n) is 9.17. The van der Waals surface area contributed by atoms with Crippen molar-refractivity contribution in [2.75, 3.05) is 19.6 Å². The largest absolute Gasteiger partial charge is 0.329 e. The van der Waals surface area contributed by atoms with Crippen LogP contribution in [0.1, 0.15) is 26.7 Å². The molecule has 1 aliphatic rings. The van der Waals surface area contributed by atoms with E-state index in [0.717, 1.165) is 25.6 Å². The van der Waals surface area contributed by atoms with E-state index in [2.05, 4.69) is 18.7 Å². The maximum atomic E-state index is 5.81. The van der Waals surface area contributed by atoms with Gasteiger partial charge in [-0.05, 0) is 37.8 Å². The summed E-state index contributed by atoms with van der Waals surface area (Å²) in [7, 11) is 0. The Morgan fingerprint density at radius 1 is 1.64 bits per heavy atom. The van der Waals surface area contributed by atoms with Gasteiger partial charge < -0.3 is 5.73 Å². The van der Waals surface area contributed by atoms with Crippen LogP contribution in [0.3, 0.4) is 0 Å². The highest BCUT2D eigenvalue weighted by Gasteiger charge is 2.26. The monoisotopic (exact) mass is 216 g/mol. The van der Waals surface area contributed by atoms with E-state index < -0.39 is 0 Å². The van der Waals surface area contributed by atoms with Gasteiger partial charge in [0.2, 0.25) is 0 Å². The Hall–Kier alpha value is -0.0500. The molecule has 1 rings (SSSR count). The Morgan fingerprint density at radius 3 is 2.93 bits per heavy atom. The summed E-state index contributed by atoms with van der Waals surface area (Å²) in [5.41, 5.74) is 8.70. The van der Waals surface area contributed by atoms with Crippen LogP contribution in [0.5, 0.6) is 0 Å². The van der Waals surface area contributed by atoms with E-state index in [0.29, 0.717) is 6.04 Å². The number of halogens is 1.